The molecule has 0 aliphatic carbocycles. The van der Waals surface area contributed by atoms with Gasteiger partial charge in [0.05, 0.1) is 18.0 Å². The van der Waals surface area contributed by atoms with Crippen molar-refractivity contribution in [2.24, 2.45) is 7.05 Å². The summed E-state index contributed by atoms with van der Waals surface area (Å²) in [5.74, 6) is 0.159. The van der Waals surface area contributed by atoms with Crippen molar-refractivity contribution >= 4 is 33.8 Å². The highest BCUT2D eigenvalue weighted by atomic mass is 32.2. The first-order valence-corrected chi connectivity index (χ1v) is 9.34. The third-order valence-corrected chi connectivity index (χ3v) is 6.24. The number of thioether (sulfide) groups is 1. The summed E-state index contributed by atoms with van der Waals surface area (Å²) in [6.07, 6.45) is 0. The van der Waals surface area contributed by atoms with Crippen molar-refractivity contribution in [1.29, 1.82) is 0 Å². The van der Waals surface area contributed by atoms with Crippen LogP contribution in [0.5, 0.6) is 5.75 Å². The van der Waals surface area contributed by atoms with Crippen molar-refractivity contribution in [1.82, 2.24) is 14.5 Å². The molecule has 1 atom stereocenters. The fourth-order valence-corrected chi connectivity index (χ4v) is 4.72. The molecule has 3 aromatic rings. The lowest BCUT2D eigenvalue weighted by Gasteiger charge is -2.28. The van der Waals surface area contributed by atoms with Gasteiger partial charge in [0.25, 0.3) is 16.7 Å². The number of carbonyl (C=O) groups excluding carboxylic acids is 2. The van der Waals surface area contributed by atoms with Gasteiger partial charge in [0.1, 0.15) is 11.6 Å². The van der Waals surface area contributed by atoms with Crippen molar-refractivity contribution in [2.75, 3.05) is 14.2 Å². The zero-order valence-electron chi connectivity index (χ0n) is 15.5. The topological polar surface area (TPSA) is 81.5 Å². The van der Waals surface area contributed by atoms with Gasteiger partial charge in [0.2, 0.25) is 0 Å². The molecule has 0 N–H and O–H groups in total. The Morgan fingerprint density at radius 2 is 1.68 bits per heavy atom. The molecule has 1 aromatic heterocycles. The van der Waals surface area contributed by atoms with E-state index in [9.17, 15) is 14.4 Å². The quantitative estimate of drug-likeness (QED) is 0.678. The molecule has 4 rings (SSSR count). The van der Waals surface area contributed by atoms with Gasteiger partial charge in [-0.1, -0.05) is 30.3 Å². The average molecular weight is 395 g/mol. The minimum absolute atomic E-state index is 0.188. The van der Waals surface area contributed by atoms with Gasteiger partial charge in [0.15, 0.2) is 4.75 Å². The Morgan fingerprint density at radius 3 is 2.36 bits per heavy atom. The monoisotopic (exact) mass is 395 g/mol. The maximum Gasteiger partial charge on any atom is 0.289 e. The van der Waals surface area contributed by atoms with Crippen LogP contribution >= 0.6 is 11.8 Å². The van der Waals surface area contributed by atoms with Crippen LogP contribution in [-0.4, -0.2) is 39.8 Å². The molecule has 1 saturated heterocycles. The molecular weight excluding hydrogens is 378 g/mol. The van der Waals surface area contributed by atoms with Gasteiger partial charge in [-0.2, -0.15) is 0 Å². The van der Waals surface area contributed by atoms with Crippen LogP contribution in [0.4, 0.5) is 4.79 Å². The molecule has 0 radical (unpaired) electrons. The molecule has 0 bridgehead atoms. The van der Waals surface area contributed by atoms with Crippen LogP contribution in [0.1, 0.15) is 11.4 Å². The Morgan fingerprint density at radius 1 is 1.00 bits per heavy atom. The van der Waals surface area contributed by atoms with Gasteiger partial charge < -0.3 is 4.74 Å². The molecule has 2 heterocycles. The molecule has 2 amide bonds. The molecule has 142 valence electrons. The summed E-state index contributed by atoms with van der Waals surface area (Å²) in [5, 5.41) is 0.0253. The zero-order valence-corrected chi connectivity index (χ0v) is 16.3. The number of likely N-dealkylation sites (N-methyl/N-ethyl adjacent to an activating group) is 1. The number of nitrogens with zero attached hydrogens (tertiary/aromatic N) is 3. The zero-order chi connectivity index (χ0) is 20.1. The molecule has 1 aliphatic heterocycles. The standard InChI is InChI=1S/C20H17N3O4S/c1-22-16(24)12-8-4-6-10-14(12)21-17(22)20(18(25)23(2)19(26)28-20)13-9-5-7-11-15(13)27-3/h4-11H,1-3H3. The van der Waals surface area contributed by atoms with E-state index in [1.165, 1.54) is 18.7 Å². The molecule has 1 aliphatic rings. The number of rotatable bonds is 3. The Kier molecular flexibility index (Phi) is 4.23. The lowest BCUT2D eigenvalue weighted by Crippen LogP contribution is -2.41. The van der Waals surface area contributed by atoms with E-state index >= 15 is 0 Å². The van der Waals surface area contributed by atoms with Crippen LogP contribution in [0.15, 0.2) is 53.3 Å². The highest BCUT2D eigenvalue weighted by Gasteiger charge is 2.57. The van der Waals surface area contributed by atoms with Gasteiger partial charge >= 0.3 is 0 Å². The Labute approximate surface area is 164 Å². The molecule has 2 aromatic carbocycles. The summed E-state index contributed by atoms with van der Waals surface area (Å²) in [6.45, 7) is 0. The molecule has 0 spiro atoms. The van der Waals surface area contributed by atoms with Gasteiger partial charge in [-0.05, 0) is 30.0 Å². The Hall–Kier alpha value is -3.13. The van der Waals surface area contributed by atoms with Crippen LogP contribution in [0, 0.1) is 0 Å². The van der Waals surface area contributed by atoms with Gasteiger partial charge in [0, 0.05) is 19.7 Å². The number of amides is 2. The number of hydrogen-bond acceptors (Lipinski definition) is 6. The lowest BCUT2D eigenvalue weighted by molar-refractivity contribution is -0.128. The number of aromatic nitrogens is 2. The first-order chi connectivity index (χ1) is 13.4. The number of fused-ring (bicyclic) bond motifs is 1. The SMILES string of the molecule is COc1ccccc1C1(c2nc3ccccc3c(=O)n2C)SC(=O)N(C)C1=O. The second-order valence-corrected chi connectivity index (χ2v) is 7.60. The number of benzene rings is 2. The fraction of sp³-hybridized carbons (Fsp3) is 0.200. The van der Waals surface area contributed by atoms with Crippen molar-refractivity contribution < 1.29 is 14.3 Å². The van der Waals surface area contributed by atoms with E-state index in [0.29, 0.717) is 22.2 Å². The van der Waals surface area contributed by atoms with Gasteiger partial charge in [-0.3, -0.25) is 23.9 Å². The molecular formula is C20H17N3O4S. The molecule has 1 fully saturated rings. The van der Waals surface area contributed by atoms with Crippen molar-refractivity contribution in [3.63, 3.8) is 0 Å². The van der Waals surface area contributed by atoms with Crippen LogP contribution in [0.25, 0.3) is 10.9 Å². The molecule has 8 heteroatoms. The van der Waals surface area contributed by atoms with Crippen molar-refractivity contribution in [3.8, 4) is 5.75 Å². The van der Waals surface area contributed by atoms with Gasteiger partial charge in [-0.15, -0.1) is 0 Å². The normalized spacial score (nSPS) is 19.5. The van der Waals surface area contributed by atoms with E-state index in [4.69, 9.17) is 4.74 Å². The molecule has 7 nitrogen and oxygen atoms in total. The maximum atomic E-state index is 13.4. The Balaban J connectivity index is 2.14. The predicted molar refractivity (Wildman–Crippen MR) is 107 cm³/mol. The van der Waals surface area contributed by atoms with E-state index in [1.54, 1.807) is 55.6 Å². The van der Waals surface area contributed by atoms with Crippen LogP contribution in [-0.2, 0) is 16.6 Å². The minimum Gasteiger partial charge on any atom is -0.496 e. The largest absolute Gasteiger partial charge is 0.496 e. The number of imide groups is 1. The van der Waals surface area contributed by atoms with E-state index in [2.05, 4.69) is 4.98 Å². The number of carbonyl (C=O) groups is 2. The van der Waals surface area contributed by atoms with E-state index in [-0.39, 0.29) is 11.4 Å². The van der Waals surface area contributed by atoms with Crippen molar-refractivity contribution in [2.45, 2.75) is 4.75 Å². The smallest absolute Gasteiger partial charge is 0.289 e. The second-order valence-electron chi connectivity index (χ2n) is 6.43. The lowest BCUT2D eigenvalue weighted by atomic mass is 9.94. The molecule has 0 saturated carbocycles. The first kappa shape index (κ1) is 18.2. The maximum absolute atomic E-state index is 13.4. The predicted octanol–water partition coefficient (Wildman–Crippen LogP) is 2.51. The number of ether oxygens (including phenoxy) is 1. The Bertz CT molecular complexity index is 1190. The number of hydrogen-bond donors (Lipinski definition) is 0. The number of methoxy groups -OCH3 is 1. The van der Waals surface area contributed by atoms with Crippen LogP contribution in [0.3, 0.4) is 0 Å². The first-order valence-electron chi connectivity index (χ1n) is 8.52. The fourth-order valence-electron chi connectivity index (χ4n) is 3.46. The second kappa shape index (κ2) is 6.49. The summed E-state index contributed by atoms with van der Waals surface area (Å²) in [5.41, 5.74) is 0.651. The molecule has 1 unspecified atom stereocenters. The van der Waals surface area contributed by atoms with Crippen LogP contribution in [0.2, 0.25) is 0 Å². The summed E-state index contributed by atoms with van der Waals surface area (Å²) in [6, 6.07) is 13.9. The summed E-state index contributed by atoms with van der Waals surface area (Å²) >= 11 is 0.832. The third kappa shape index (κ3) is 2.37. The summed E-state index contributed by atoms with van der Waals surface area (Å²) in [4.78, 5) is 44.6. The summed E-state index contributed by atoms with van der Waals surface area (Å²) < 4.78 is 5.29. The highest BCUT2D eigenvalue weighted by Crippen LogP contribution is 2.51. The summed E-state index contributed by atoms with van der Waals surface area (Å²) in [7, 11) is 4.48. The number of para-hydroxylation sites is 2. The average Bonchev–Trinajstić information content (AvgIpc) is 2.95. The third-order valence-electron chi connectivity index (χ3n) is 4.90. The van der Waals surface area contributed by atoms with Gasteiger partial charge in [-0.25, -0.2) is 4.98 Å². The van der Waals surface area contributed by atoms with E-state index in [0.717, 1.165) is 16.7 Å². The molecule has 28 heavy (non-hydrogen) atoms. The van der Waals surface area contributed by atoms with E-state index < -0.39 is 15.9 Å². The van der Waals surface area contributed by atoms with Crippen LogP contribution < -0.4 is 10.3 Å². The van der Waals surface area contributed by atoms with Crippen molar-refractivity contribution in [3.05, 3.63) is 70.3 Å². The minimum atomic E-state index is -1.52. The van der Waals surface area contributed by atoms with E-state index in [1.807, 2.05) is 0 Å². The highest BCUT2D eigenvalue weighted by molar-refractivity contribution is 8.15.